The van der Waals surface area contributed by atoms with Crippen molar-refractivity contribution in [2.24, 2.45) is 5.84 Å². The molecule has 2 heterocycles. The SMILES string of the molecule is CC1(C(NN)c2cccnc2)CCCCO1. The number of nitrogens with two attached hydrogens (primary N) is 1. The van der Waals surface area contributed by atoms with Gasteiger partial charge in [0.2, 0.25) is 0 Å². The number of pyridine rings is 1. The quantitative estimate of drug-likeness (QED) is 0.600. The zero-order valence-electron chi connectivity index (χ0n) is 9.65. The Morgan fingerprint density at radius 3 is 3.00 bits per heavy atom. The molecule has 0 saturated carbocycles. The van der Waals surface area contributed by atoms with Crippen molar-refractivity contribution in [3.63, 3.8) is 0 Å². The van der Waals surface area contributed by atoms with Crippen LogP contribution in [0.2, 0.25) is 0 Å². The molecular formula is C12H19N3O. The smallest absolute Gasteiger partial charge is 0.0861 e. The summed E-state index contributed by atoms with van der Waals surface area (Å²) in [5, 5.41) is 0. The van der Waals surface area contributed by atoms with E-state index in [0.717, 1.165) is 25.0 Å². The van der Waals surface area contributed by atoms with Crippen molar-refractivity contribution in [2.75, 3.05) is 6.61 Å². The van der Waals surface area contributed by atoms with Crippen molar-refractivity contribution >= 4 is 0 Å². The Hall–Kier alpha value is -0.970. The van der Waals surface area contributed by atoms with Gasteiger partial charge in [-0.05, 0) is 37.8 Å². The average molecular weight is 221 g/mol. The molecule has 3 N–H and O–H groups in total. The molecule has 0 aliphatic carbocycles. The number of rotatable bonds is 3. The second-order valence-corrected chi connectivity index (χ2v) is 4.50. The van der Waals surface area contributed by atoms with Crippen LogP contribution < -0.4 is 11.3 Å². The molecule has 1 aromatic heterocycles. The minimum absolute atomic E-state index is 0.00139. The molecule has 4 nitrogen and oxygen atoms in total. The lowest BCUT2D eigenvalue weighted by Gasteiger charge is -2.40. The third-order valence-corrected chi connectivity index (χ3v) is 3.29. The number of nitrogens with one attached hydrogen (secondary N) is 1. The maximum Gasteiger partial charge on any atom is 0.0861 e. The van der Waals surface area contributed by atoms with Crippen molar-refractivity contribution in [2.45, 2.75) is 37.8 Å². The van der Waals surface area contributed by atoms with E-state index in [2.05, 4.69) is 17.3 Å². The van der Waals surface area contributed by atoms with E-state index in [-0.39, 0.29) is 11.6 Å². The van der Waals surface area contributed by atoms with Crippen LogP contribution in [0.3, 0.4) is 0 Å². The zero-order valence-corrected chi connectivity index (χ0v) is 9.65. The zero-order chi connectivity index (χ0) is 11.4. The van der Waals surface area contributed by atoms with Gasteiger partial charge in [0.25, 0.3) is 0 Å². The first kappa shape index (κ1) is 11.5. The molecular weight excluding hydrogens is 202 g/mol. The highest BCUT2D eigenvalue weighted by Crippen LogP contribution is 2.35. The first-order chi connectivity index (χ1) is 7.76. The molecule has 2 rings (SSSR count). The normalized spacial score (nSPS) is 27.6. The van der Waals surface area contributed by atoms with E-state index in [4.69, 9.17) is 10.6 Å². The summed E-state index contributed by atoms with van der Waals surface area (Å²) < 4.78 is 5.90. The van der Waals surface area contributed by atoms with E-state index >= 15 is 0 Å². The number of nitrogens with zero attached hydrogens (tertiary/aromatic N) is 1. The van der Waals surface area contributed by atoms with Crippen LogP contribution in [0.1, 0.15) is 37.8 Å². The number of hydrazine groups is 1. The van der Waals surface area contributed by atoms with Gasteiger partial charge >= 0.3 is 0 Å². The van der Waals surface area contributed by atoms with Crippen LogP contribution in [0.5, 0.6) is 0 Å². The number of hydrogen-bond donors (Lipinski definition) is 2. The summed E-state index contributed by atoms with van der Waals surface area (Å²) in [5.41, 5.74) is 3.72. The molecule has 16 heavy (non-hydrogen) atoms. The molecule has 0 spiro atoms. The van der Waals surface area contributed by atoms with Gasteiger partial charge in [-0.15, -0.1) is 0 Å². The lowest BCUT2D eigenvalue weighted by atomic mass is 9.85. The van der Waals surface area contributed by atoms with Gasteiger partial charge in [-0.3, -0.25) is 16.3 Å². The van der Waals surface area contributed by atoms with Crippen LogP contribution in [0, 0.1) is 0 Å². The predicted molar refractivity (Wildman–Crippen MR) is 62.5 cm³/mol. The number of aromatic nitrogens is 1. The summed E-state index contributed by atoms with van der Waals surface area (Å²) in [4.78, 5) is 4.13. The van der Waals surface area contributed by atoms with Gasteiger partial charge < -0.3 is 4.74 Å². The molecule has 1 saturated heterocycles. The van der Waals surface area contributed by atoms with E-state index in [1.54, 1.807) is 6.20 Å². The van der Waals surface area contributed by atoms with Crippen molar-refractivity contribution in [1.82, 2.24) is 10.4 Å². The Balaban J connectivity index is 2.21. The monoisotopic (exact) mass is 221 g/mol. The first-order valence-corrected chi connectivity index (χ1v) is 5.76. The summed E-state index contributed by atoms with van der Waals surface area (Å²) in [6.45, 7) is 2.93. The Morgan fingerprint density at radius 1 is 1.56 bits per heavy atom. The van der Waals surface area contributed by atoms with E-state index in [1.165, 1.54) is 6.42 Å². The highest BCUT2D eigenvalue weighted by atomic mass is 16.5. The van der Waals surface area contributed by atoms with Crippen molar-refractivity contribution in [3.8, 4) is 0 Å². The molecule has 0 aromatic carbocycles. The highest BCUT2D eigenvalue weighted by molar-refractivity contribution is 5.18. The van der Waals surface area contributed by atoms with Gasteiger partial charge in [-0.25, -0.2) is 0 Å². The van der Waals surface area contributed by atoms with Crippen LogP contribution in [0.4, 0.5) is 0 Å². The van der Waals surface area contributed by atoms with Crippen molar-refractivity contribution < 1.29 is 4.74 Å². The molecule has 0 bridgehead atoms. The molecule has 1 aromatic rings. The largest absolute Gasteiger partial charge is 0.373 e. The van der Waals surface area contributed by atoms with Crippen molar-refractivity contribution in [1.29, 1.82) is 0 Å². The molecule has 2 unspecified atom stereocenters. The molecule has 1 fully saturated rings. The van der Waals surface area contributed by atoms with Crippen LogP contribution in [-0.4, -0.2) is 17.2 Å². The predicted octanol–water partition coefficient (Wildman–Crippen LogP) is 1.55. The molecule has 1 aliphatic heterocycles. The van der Waals surface area contributed by atoms with Gasteiger partial charge in [-0.2, -0.15) is 0 Å². The fourth-order valence-electron chi connectivity index (χ4n) is 2.36. The van der Waals surface area contributed by atoms with Crippen LogP contribution in [0.15, 0.2) is 24.5 Å². The van der Waals surface area contributed by atoms with Crippen LogP contribution >= 0.6 is 0 Å². The Kier molecular flexibility index (Phi) is 3.53. The fourth-order valence-corrected chi connectivity index (χ4v) is 2.36. The van der Waals surface area contributed by atoms with Gasteiger partial charge in [0.1, 0.15) is 0 Å². The summed E-state index contributed by atoms with van der Waals surface area (Å²) in [5.74, 6) is 5.66. The minimum Gasteiger partial charge on any atom is -0.373 e. The topological polar surface area (TPSA) is 60.2 Å². The maximum absolute atomic E-state index is 5.90. The molecule has 88 valence electrons. The maximum atomic E-state index is 5.90. The van der Waals surface area contributed by atoms with Gasteiger partial charge in [0, 0.05) is 19.0 Å². The minimum atomic E-state index is -0.226. The molecule has 4 heteroatoms. The summed E-state index contributed by atoms with van der Waals surface area (Å²) in [6, 6.07) is 3.95. The molecule has 0 amide bonds. The summed E-state index contributed by atoms with van der Waals surface area (Å²) in [6.07, 6.45) is 6.96. The second kappa shape index (κ2) is 4.91. The number of ether oxygens (including phenoxy) is 1. The Labute approximate surface area is 96.2 Å². The Bertz CT molecular complexity index is 322. The van der Waals surface area contributed by atoms with E-state index < -0.39 is 0 Å². The fraction of sp³-hybridized carbons (Fsp3) is 0.583. The molecule has 1 aliphatic rings. The lowest BCUT2D eigenvalue weighted by molar-refractivity contribution is -0.0899. The summed E-state index contributed by atoms with van der Waals surface area (Å²) >= 11 is 0. The van der Waals surface area contributed by atoms with E-state index in [9.17, 15) is 0 Å². The van der Waals surface area contributed by atoms with Gasteiger partial charge in [0.15, 0.2) is 0 Å². The van der Waals surface area contributed by atoms with Gasteiger partial charge in [0.05, 0.1) is 11.6 Å². The summed E-state index contributed by atoms with van der Waals surface area (Å²) in [7, 11) is 0. The standard InChI is InChI=1S/C12H19N3O/c1-12(6-2-3-8-16-12)11(15-13)10-5-4-7-14-9-10/h4-5,7,9,11,15H,2-3,6,8,13H2,1H3. The van der Waals surface area contributed by atoms with Gasteiger partial charge in [-0.1, -0.05) is 6.07 Å². The third-order valence-electron chi connectivity index (χ3n) is 3.29. The second-order valence-electron chi connectivity index (χ2n) is 4.50. The highest BCUT2D eigenvalue weighted by Gasteiger charge is 2.37. The van der Waals surface area contributed by atoms with Crippen LogP contribution in [-0.2, 0) is 4.74 Å². The van der Waals surface area contributed by atoms with E-state index in [1.807, 2.05) is 18.3 Å². The molecule has 2 atom stereocenters. The average Bonchev–Trinajstić information content (AvgIpc) is 2.32. The van der Waals surface area contributed by atoms with Crippen LogP contribution in [0.25, 0.3) is 0 Å². The van der Waals surface area contributed by atoms with E-state index in [0.29, 0.717) is 0 Å². The third kappa shape index (κ3) is 2.24. The lowest BCUT2D eigenvalue weighted by Crippen LogP contribution is -2.48. The first-order valence-electron chi connectivity index (χ1n) is 5.76. The molecule has 0 radical (unpaired) electrons. The van der Waals surface area contributed by atoms with Crippen molar-refractivity contribution in [3.05, 3.63) is 30.1 Å². The Morgan fingerprint density at radius 2 is 2.44 bits per heavy atom. The number of hydrogen-bond acceptors (Lipinski definition) is 4.